The third-order valence-electron chi connectivity index (χ3n) is 4.25. The topological polar surface area (TPSA) is 8.17 Å². The second-order valence-corrected chi connectivity index (χ2v) is 6.66. The summed E-state index contributed by atoms with van der Waals surface area (Å²) in [7, 11) is 0. The molecule has 0 N–H and O–H groups in total. The van der Waals surface area contributed by atoms with Crippen LogP contribution in [0.15, 0.2) is 53.3 Å². The second kappa shape index (κ2) is 6.15. The Kier molecular flexibility index (Phi) is 4.27. The van der Waals surface area contributed by atoms with E-state index in [1.165, 1.54) is 23.1 Å². The monoisotopic (exact) mass is 332 g/mol. The molecule has 2 nitrogen and oxygen atoms in total. The summed E-state index contributed by atoms with van der Waals surface area (Å²) in [5.41, 5.74) is 1.42. The van der Waals surface area contributed by atoms with Crippen LogP contribution in [-0.2, 0) is 13.1 Å². The standard InChI is InChI=1S/C17H21BrN2/c1-14-10-16(12-19-9-5-8-17(19)18)13-20(14)11-15-6-3-2-4-7-15/h2-9,14,16H,10-13H2,1H3/t14-,16+/m1/s1. The highest BCUT2D eigenvalue weighted by Gasteiger charge is 2.29. The molecule has 0 radical (unpaired) electrons. The van der Waals surface area contributed by atoms with Gasteiger partial charge < -0.3 is 4.57 Å². The number of benzene rings is 1. The average molecular weight is 333 g/mol. The van der Waals surface area contributed by atoms with Gasteiger partial charge in [0.15, 0.2) is 0 Å². The molecule has 1 saturated heterocycles. The molecule has 20 heavy (non-hydrogen) atoms. The van der Waals surface area contributed by atoms with Gasteiger partial charge in [0.1, 0.15) is 0 Å². The van der Waals surface area contributed by atoms with Crippen LogP contribution in [-0.4, -0.2) is 22.1 Å². The summed E-state index contributed by atoms with van der Waals surface area (Å²) in [6, 6.07) is 15.7. The van der Waals surface area contributed by atoms with Gasteiger partial charge in [0.05, 0.1) is 4.60 Å². The lowest BCUT2D eigenvalue weighted by atomic mass is 10.1. The lowest BCUT2D eigenvalue weighted by Crippen LogP contribution is -2.26. The molecule has 0 saturated carbocycles. The molecule has 3 rings (SSSR count). The predicted molar refractivity (Wildman–Crippen MR) is 86.6 cm³/mol. The molecule has 1 aliphatic rings. The molecule has 2 aromatic rings. The highest BCUT2D eigenvalue weighted by atomic mass is 79.9. The fourth-order valence-corrected chi connectivity index (χ4v) is 3.62. The predicted octanol–water partition coefficient (Wildman–Crippen LogP) is 4.16. The van der Waals surface area contributed by atoms with Crippen LogP contribution in [0, 0.1) is 5.92 Å². The number of hydrogen-bond acceptors (Lipinski definition) is 1. The molecule has 1 fully saturated rings. The summed E-state index contributed by atoms with van der Waals surface area (Å²) in [5, 5.41) is 0. The normalized spacial score (nSPS) is 23.3. The van der Waals surface area contributed by atoms with Crippen LogP contribution in [0.5, 0.6) is 0 Å². The van der Waals surface area contributed by atoms with Crippen LogP contribution in [0.1, 0.15) is 18.9 Å². The van der Waals surface area contributed by atoms with Gasteiger partial charge in [-0.25, -0.2) is 0 Å². The van der Waals surface area contributed by atoms with Gasteiger partial charge >= 0.3 is 0 Å². The van der Waals surface area contributed by atoms with Crippen molar-refractivity contribution in [2.75, 3.05) is 6.54 Å². The quantitative estimate of drug-likeness (QED) is 0.816. The Bertz CT molecular complexity index is 549. The first-order chi connectivity index (χ1) is 9.72. The number of likely N-dealkylation sites (tertiary alicyclic amines) is 1. The Hall–Kier alpha value is -1.06. The number of aromatic nitrogens is 1. The zero-order valence-corrected chi connectivity index (χ0v) is 13.5. The van der Waals surface area contributed by atoms with Crippen molar-refractivity contribution in [1.29, 1.82) is 0 Å². The Labute approximate surface area is 129 Å². The second-order valence-electron chi connectivity index (χ2n) is 5.85. The van der Waals surface area contributed by atoms with Crippen molar-refractivity contribution in [2.24, 2.45) is 5.92 Å². The van der Waals surface area contributed by atoms with Crippen LogP contribution in [0.2, 0.25) is 0 Å². The van der Waals surface area contributed by atoms with Gasteiger partial charge in [-0.15, -0.1) is 0 Å². The summed E-state index contributed by atoms with van der Waals surface area (Å²) < 4.78 is 3.50. The molecule has 0 aliphatic carbocycles. The molecule has 0 unspecified atom stereocenters. The zero-order valence-electron chi connectivity index (χ0n) is 11.9. The summed E-state index contributed by atoms with van der Waals surface area (Å²) >= 11 is 3.61. The van der Waals surface area contributed by atoms with Gasteiger partial charge in [-0.1, -0.05) is 30.3 Å². The van der Waals surface area contributed by atoms with E-state index in [4.69, 9.17) is 0 Å². The van der Waals surface area contributed by atoms with Crippen LogP contribution < -0.4 is 0 Å². The van der Waals surface area contributed by atoms with Crippen LogP contribution >= 0.6 is 15.9 Å². The molecule has 1 aromatic heterocycles. The molecular formula is C17H21BrN2. The van der Waals surface area contributed by atoms with Crippen LogP contribution in [0.3, 0.4) is 0 Å². The molecular weight excluding hydrogens is 312 g/mol. The molecule has 0 bridgehead atoms. The molecule has 1 aromatic carbocycles. The average Bonchev–Trinajstić information content (AvgIpc) is 2.99. The molecule has 2 atom stereocenters. The van der Waals surface area contributed by atoms with E-state index in [2.05, 4.69) is 81.0 Å². The van der Waals surface area contributed by atoms with Crippen molar-refractivity contribution in [3.05, 3.63) is 58.8 Å². The largest absolute Gasteiger partial charge is 0.342 e. The Morgan fingerprint density at radius 2 is 1.95 bits per heavy atom. The lowest BCUT2D eigenvalue weighted by Gasteiger charge is -2.21. The summed E-state index contributed by atoms with van der Waals surface area (Å²) in [5.74, 6) is 0.748. The number of nitrogens with zero attached hydrogens (tertiary/aromatic N) is 2. The van der Waals surface area contributed by atoms with Gasteiger partial charge in [-0.3, -0.25) is 4.90 Å². The van der Waals surface area contributed by atoms with Crippen molar-refractivity contribution >= 4 is 15.9 Å². The Balaban J connectivity index is 1.61. The van der Waals surface area contributed by atoms with Crippen LogP contribution in [0.25, 0.3) is 0 Å². The van der Waals surface area contributed by atoms with Gasteiger partial charge in [-0.05, 0) is 52.9 Å². The maximum atomic E-state index is 3.61. The minimum atomic E-state index is 0.676. The first-order valence-corrected chi connectivity index (χ1v) is 8.10. The van der Waals surface area contributed by atoms with Crippen molar-refractivity contribution < 1.29 is 0 Å². The Morgan fingerprint density at radius 3 is 2.65 bits per heavy atom. The maximum absolute atomic E-state index is 3.61. The van der Waals surface area contributed by atoms with E-state index in [1.54, 1.807) is 0 Å². The van der Waals surface area contributed by atoms with E-state index in [1.807, 2.05) is 0 Å². The van der Waals surface area contributed by atoms with Crippen molar-refractivity contribution in [1.82, 2.24) is 9.47 Å². The van der Waals surface area contributed by atoms with Crippen molar-refractivity contribution in [2.45, 2.75) is 32.5 Å². The lowest BCUT2D eigenvalue weighted by molar-refractivity contribution is 0.253. The minimum absolute atomic E-state index is 0.676. The third-order valence-corrected chi connectivity index (χ3v) is 4.97. The Morgan fingerprint density at radius 1 is 1.15 bits per heavy atom. The number of halogens is 1. The smallest absolute Gasteiger partial charge is 0.0846 e. The van der Waals surface area contributed by atoms with Gasteiger partial charge in [0.2, 0.25) is 0 Å². The molecule has 0 amide bonds. The highest BCUT2D eigenvalue weighted by Crippen LogP contribution is 2.27. The zero-order chi connectivity index (χ0) is 13.9. The van der Waals surface area contributed by atoms with E-state index in [9.17, 15) is 0 Å². The highest BCUT2D eigenvalue weighted by molar-refractivity contribution is 9.10. The molecule has 106 valence electrons. The first-order valence-electron chi connectivity index (χ1n) is 7.31. The first kappa shape index (κ1) is 13.9. The summed E-state index contributed by atoms with van der Waals surface area (Å²) in [6.07, 6.45) is 3.45. The van der Waals surface area contributed by atoms with E-state index in [-0.39, 0.29) is 0 Å². The van der Waals surface area contributed by atoms with Crippen molar-refractivity contribution in [3.63, 3.8) is 0 Å². The maximum Gasteiger partial charge on any atom is 0.0846 e. The van der Waals surface area contributed by atoms with E-state index < -0.39 is 0 Å². The molecule has 3 heteroatoms. The molecule has 0 spiro atoms. The SMILES string of the molecule is C[C@@H]1C[C@@H](Cn2cccc2Br)CN1Cc1ccccc1. The van der Waals surface area contributed by atoms with Crippen molar-refractivity contribution in [3.8, 4) is 0 Å². The van der Waals surface area contributed by atoms with Crippen LogP contribution in [0.4, 0.5) is 0 Å². The van der Waals surface area contributed by atoms with Gasteiger partial charge in [0.25, 0.3) is 0 Å². The fraction of sp³-hybridized carbons (Fsp3) is 0.412. The fourth-order valence-electron chi connectivity index (χ4n) is 3.21. The number of hydrogen-bond donors (Lipinski definition) is 0. The van der Waals surface area contributed by atoms with Gasteiger partial charge in [0, 0.05) is 31.9 Å². The minimum Gasteiger partial charge on any atom is -0.342 e. The summed E-state index contributed by atoms with van der Waals surface area (Å²) in [6.45, 7) is 5.74. The molecule has 2 heterocycles. The number of rotatable bonds is 4. The third kappa shape index (κ3) is 3.15. The van der Waals surface area contributed by atoms with E-state index in [0.717, 1.165) is 19.0 Å². The van der Waals surface area contributed by atoms with E-state index >= 15 is 0 Å². The van der Waals surface area contributed by atoms with E-state index in [0.29, 0.717) is 6.04 Å². The molecule has 1 aliphatic heterocycles. The van der Waals surface area contributed by atoms with Gasteiger partial charge in [-0.2, -0.15) is 0 Å². The summed E-state index contributed by atoms with van der Waals surface area (Å²) in [4.78, 5) is 2.61.